The van der Waals surface area contributed by atoms with Crippen molar-refractivity contribution in [2.75, 3.05) is 11.5 Å². The van der Waals surface area contributed by atoms with Gasteiger partial charge in [-0.05, 0) is 24.3 Å². The summed E-state index contributed by atoms with van der Waals surface area (Å²) in [6.07, 6.45) is 6.95. The van der Waals surface area contributed by atoms with Crippen molar-refractivity contribution in [1.82, 2.24) is 18.5 Å². The Morgan fingerprint density at radius 1 is 0.833 bits per heavy atom. The highest BCUT2D eigenvalue weighted by Crippen LogP contribution is 2.47. The minimum absolute atomic E-state index is 0. The molecule has 0 unspecified atom stereocenters. The van der Waals surface area contributed by atoms with Crippen molar-refractivity contribution in [2.24, 2.45) is 0 Å². The maximum Gasteiger partial charge on any atom is 0.198 e. The van der Waals surface area contributed by atoms with Crippen LogP contribution in [-0.2, 0) is 10.1 Å². The summed E-state index contributed by atoms with van der Waals surface area (Å²) in [4.78, 5) is 19.2. The third-order valence-corrected chi connectivity index (χ3v) is 9.78. The van der Waals surface area contributed by atoms with Gasteiger partial charge in [0.1, 0.15) is 0 Å². The van der Waals surface area contributed by atoms with Gasteiger partial charge >= 0.3 is 0 Å². The van der Waals surface area contributed by atoms with Crippen LogP contribution in [0.1, 0.15) is 52.4 Å². The Labute approximate surface area is 120 Å². The highest BCUT2D eigenvalue weighted by Gasteiger charge is 2.10. The van der Waals surface area contributed by atoms with Gasteiger partial charge in [0, 0.05) is 0 Å². The predicted molar refractivity (Wildman–Crippen MR) is 91.6 cm³/mol. The second-order valence-electron chi connectivity index (χ2n) is 3.80. The Balaban J connectivity index is -0.000000327. The molecular formula is C10H34N3O2PS2. The van der Waals surface area contributed by atoms with Crippen LogP contribution in [0.5, 0.6) is 0 Å². The van der Waals surface area contributed by atoms with Gasteiger partial charge in [-0.15, -0.1) is 10.1 Å². The average Bonchev–Trinajstić information content (AvgIpc) is 2.14. The second kappa shape index (κ2) is 16.0. The summed E-state index contributed by atoms with van der Waals surface area (Å²) < 4.78 is 0. The molecule has 118 valence electrons. The zero-order valence-corrected chi connectivity index (χ0v) is 14.6. The van der Waals surface area contributed by atoms with E-state index < -0.39 is 5.69 Å². The molecule has 8 heteroatoms. The maximum absolute atomic E-state index is 9.62. The van der Waals surface area contributed by atoms with Crippen molar-refractivity contribution in [3.8, 4) is 0 Å². The number of thiol groups is 1. The van der Waals surface area contributed by atoms with Crippen LogP contribution in [0.15, 0.2) is 0 Å². The van der Waals surface area contributed by atoms with Crippen LogP contribution in [0, 0.1) is 0 Å². The molecule has 0 rings (SSSR count). The van der Waals surface area contributed by atoms with Crippen molar-refractivity contribution in [3.05, 3.63) is 0 Å². The van der Waals surface area contributed by atoms with E-state index in [0.717, 1.165) is 24.3 Å². The van der Waals surface area contributed by atoms with Crippen molar-refractivity contribution in [1.29, 1.82) is 0 Å². The molecule has 0 heterocycles. The molecule has 5 nitrogen and oxygen atoms in total. The maximum atomic E-state index is 9.62. The van der Waals surface area contributed by atoms with E-state index in [2.05, 4.69) is 26.1 Å². The first-order valence-corrected chi connectivity index (χ1v) is 10.8. The normalized spacial score (nSPS) is 10.3. The van der Waals surface area contributed by atoms with E-state index in [9.17, 15) is 9.79 Å². The van der Waals surface area contributed by atoms with Gasteiger partial charge in [0.2, 0.25) is 0 Å². The summed E-state index contributed by atoms with van der Waals surface area (Å²) >= 11 is 3.99. The standard InChI is InChI=1S/C10H25O2PS2.3H3N/c1-3-5-7-9-15(13(11,12)14)10-8-6-4-2;;;/h11-12,14H,3-10H2,1-2H3;3*1H3. The predicted octanol–water partition coefficient (Wildman–Crippen LogP) is 4.06. The van der Waals surface area contributed by atoms with Crippen LogP contribution in [0.3, 0.4) is 0 Å². The molecule has 0 aromatic carbocycles. The van der Waals surface area contributed by atoms with Crippen LogP contribution in [0.4, 0.5) is 0 Å². The fourth-order valence-corrected chi connectivity index (χ4v) is 6.87. The van der Waals surface area contributed by atoms with E-state index in [1.165, 1.54) is 25.7 Å². The summed E-state index contributed by atoms with van der Waals surface area (Å²) in [6.45, 7) is 4.33. The van der Waals surface area contributed by atoms with Gasteiger partial charge in [-0.2, -0.15) is 0 Å². The summed E-state index contributed by atoms with van der Waals surface area (Å²) in [5.74, 6) is 1.89. The third kappa shape index (κ3) is 15.0. The molecule has 0 saturated carbocycles. The Hall–Kier alpha value is 0.930. The molecule has 0 spiro atoms. The smallest absolute Gasteiger partial charge is 0.198 e. The Morgan fingerprint density at radius 3 is 1.39 bits per heavy atom. The lowest BCUT2D eigenvalue weighted by Gasteiger charge is -2.16. The van der Waals surface area contributed by atoms with Crippen molar-refractivity contribution in [2.45, 2.75) is 52.4 Å². The monoisotopic (exact) mass is 323 g/mol. The SMILES string of the molecule is CCCCCS(CCCCC)=P(O)(O)S.N.N.N. The number of unbranched alkanes of at least 4 members (excludes halogenated alkanes) is 4. The summed E-state index contributed by atoms with van der Waals surface area (Å²) in [5, 5.41) is 0. The molecule has 0 saturated heterocycles. The van der Waals surface area contributed by atoms with E-state index in [0.29, 0.717) is 0 Å². The molecule has 0 radical (unpaired) electrons. The molecule has 0 aliphatic carbocycles. The molecule has 0 amide bonds. The number of hydrogen-bond donors (Lipinski definition) is 6. The minimum Gasteiger partial charge on any atom is -0.344 e. The largest absolute Gasteiger partial charge is 0.344 e. The lowest BCUT2D eigenvalue weighted by atomic mass is 10.3. The molecule has 0 aromatic heterocycles. The Morgan fingerprint density at radius 2 is 1.17 bits per heavy atom. The molecule has 11 N–H and O–H groups in total. The minimum atomic E-state index is -2.88. The van der Waals surface area contributed by atoms with Crippen LogP contribution in [-0.4, -0.2) is 21.3 Å². The molecule has 18 heavy (non-hydrogen) atoms. The van der Waals surface area contributed by atoms with Gasteiger partial charge in [0.05, 0.1) is 0 Å². The lowest BCUT2D eigenvalue weighted by molar-refractivity contribution is 0.502. The van der Waals surface area contributed by atoms with E-state index in [-0.39, 0.29) is 28.5 Å². The van der Waals surface area contributed by atoms with Gasteiger partial charge in [0.25, 0.3) is 0 Å². The summed E-state index contributed by atoms with van der Waals surface area (Å²) in [6, 6.07) is 0. The molecule has 0 fully saturated rings. The van der Waals surface area contributed by atoms with Gasteiger partial charge in [0.15, 0.2) is 5.69 Å². The highest BCUT2D eigenvalue weighted by molar-refractivity contribution is 8.65. The molecule has 0 atom stereocenters. The molecule has 0 bridgehead atoms. The first kappa shape index (κ1) is 27.3. The van der Waals surface area contributed by atoms with Crippen LogP contribution < -0.4 is 18.5 Å². The topological polar surface area (TPSA) is 145 Å². The van der Waals surface area contributed by atoms with Gasteiger partial charge < -0.3 is 28.2 Å². The zero-order chi connectivity index (χ0) is 11.7. The fraction of sp³-hybridized carbons (Fsp3) is 1.00. The van der Waals surface area contributed by atoms with Crippen LogP contribution in [0.25, 0.3) is 0 Å². The quantitative estimate of drug-likeness (QED) is 0.226. The number of hydrogen-bond acceptors (Lipinski definition) is 3. The number of rotatable bonds is 8. The average molecular weight is 324 g/mol. The Kier molecular flexibility index (Phi) is 24.2. The molecular weight excluding hydrogens is 289 g/mol. The Bertz CT molecular complexity index is 205. The van der Waals surface area contributed by atoms with E-state index in [1.807, 2.05) is 0 Å². The van der Waals surface area contributed by atoms with Crippen molar-refractivity contribution >= 4 is 28.0 Å². The summed E-state index contributed by atoms with van der Waals surface area (Å²) in [5.41, 5.74) is -2.88. The van der Waals surface area contributed by atoms with Crippen LogP contribution >= 0.6 is 17.9 Å². The summed E-state index contributed by atoms with van der Waals surface area (Å²) in [7, 11) is -0.258. The van der Waals surface area contributed by atoms with Crippen LogP contribution in [0.2, 0.25) is 0 Å². The van der Waals surface area contributed by atoms with Gasteiger partial charge in [-0.25, -0.2) is 0 Å². The van der Waals surface area contributed by atoms with E-state index in [1.54, 1.807) is 0 Å². The van der Waals surface area contributed by atoms with Gasteiger partial charge in [-0.3, -0.25) is 0 Å². The van der Waals surface area contributed by atoms with Crippen molar-refractivity contribution < 1.29 is 9.79 Å². The van der Waals surface area contributed by atoms with E-state index >= 15 is 0 Å². The van der Waals surface area contributed by atoms with Crippen molar-refractivity contribution in [3.63, 3.8) is 0 Å². The highest BCUT2D eigenvalue weighted by atomic mass is 32.9. The van der Waals surface area contributed by atoms with Gasteiger partial charge in [-0.1, -0.05) is 51.8 Å². The first-order valence-electron chi connectivity index (χ1n) is 5.77. The third-order valence-electron chi connectivity index (χ3n) is 2.31. The molecule has 0 aromatic rings. The fourth-order valence-electron chi connectivity index (χ4n) is 1.38. The first-order chi connectivity index (χ1) is 7.02. The lowest BCUT2D eigenvalue weighted by Crippen LogP contribution is -2.04. The zero-order valence-electron chi connectivity index (χ0n) is 12.0. The molecule has 0 aliphatic rings. The van der Waals surface area contributed by atoms with E-state index in [4.69, 9.17) is 0 Å². The second-order valence-corrected chi connectivity index (χ2v) is 12.1. The molecule has 0 aliphatic heterocycles.